The molecule has 3 rings (SSSR count). The van der Waals surface area contributed by atoms with E-state index in [0.717, 1.165) is 25.9 Å². The topological polar surface area (TPSA) is 35.2 Å². The fourth-order valence-corrected chi connectivity index (χ4v) is 4.50. The van der Waals surface area contributed by atoms with Crippen molar-refractivity contribution in [3.8, 4) is 0 Å². The van der Waals surface area contributed by atoms with Gasteiger partial charge in [0.1, 0.15) is 0 Å². The first-order chi connectivity index (χ1) is 11.6. The van der Waals surface area contributed by atoms with Gasteiger partial charge in [-0.2, -0.15) is 0 Å². The molecule has 3 atom stereocenters. The molecule has 2 aliphatic carbocycles. The quantitative estimate of drug-likeness (QED) is 0.704. The lowest BCUT2D eigenvalue weighted by molar-refractivity contribution is 0.0419. The van der Waals surface area contributed by atoms with Crippen molar-refractivity contribution in [2.45, 2.75) is 95.6 Å². The predicted molar refractivity (Wildman–Crippen MR) is 102 cm³/mol. The molecule has 0 saturated heterocycles. The molecule has 24 heavy (non-hydrogen) atoms. The lowest BCUT2D eigenvalue weighted by Gasteiger charge is -2.26. The number of aryl methyl sites for hydroxylation is 1. The minimum atomic E-state index is 0.0813. The number of hydrogen-bond acceptors (Lipinski definition) is 2. The Hall–Kier alpha value is -0.860. The predicted octanol–water partition coefficient (Wildman–Crippen LogP) is 5.13. The first kappa shape index (κ1) is 17.9. The summed E-state index contributed by atoms with van der Waals surface area (Å²) in [4.78, 5) is 0. The second kappa shape index (κ2) is 8.01. The van der Waals surface area contributed by atoms with E-state index in [1.54, 1.807) is 5.56 Å². The maximum absolute atomic E-state index is 6.49. The molecule has 1 aromatic rings. The number of unbranched alkanes of at least 4 members (excludes halogenated alkanes) is 2. The van der Waals surface area contributed by atoms with Crippen LogP contribution in [-0.2, 0) is 17.6 Å². The van der Waals surface area contributed by atoms with Gasteiger partial charge < -0.3 is 10.5 Å². The van der Waals surface area contributed by atoms with Crippen LogP contribution in [0.3, 0.4) is 0 Å². The summed E-state index contributed by atoms with van der Waals surface area (Å²) in [5.41, 5.74) is 11.2. The number of nitrogens with two attached hydrogens (primary N) is 1. The van der Waals surface area contributed by atoms with Gasteiger partial charge >= 0.3 is 0 Å². The Morgan fingerprint density at radius 2 is 2.04 bits per heavy atom. The zero-order chi connectivity index (χ0) is 17.0. The van der Waals surface area contributed by atoms with Crippen molar-refractivity contribution in [3.05, 3.63) is 34.9 Å². The van der Waals surface area contributed by atoms with Gasteiger partial charge in [-0.25, -0.2) is 0 Å². The molecule has 2 nitrogen and oxygen atoms in total. The minimum Gasteiger partial charge on any atom is -0.378 e. The molecule has 134 valence electrons. The third-order valence-electron chi connectivity index (χ3n) is 6.33. The number of fused-ring (bicyclic) bond motifs is 1. The molecule has 0 aliphatic heterocycles. The summed E-state index contributed by atoms with van der Waals surface area (Å²) < 4.78 is 6.10. The van der Waals surface area contributed by atoms with Crippen LogP contribution in [0.5, 0.6) is 0 Å². The van der Waals surface area contributed by atoms with Crippen molar-refractivity contribution in [1.29, 1.82) is 0 Å². The molecule has 0 spiro atoms. The average Bonchev–Trinajstić information content (AvgIpc) is 3.01. The van der Waals surface area contributed by atoms with Gasteiger partial charge in [0.2, 0.25) is 0 Å². The fourth-order valence-electron chi connectivity index (χ4n) is 4.50. The first-order valence-corrected chi connectivity index (χ1v) is 10.2. The Labute approximate surface area is 148 Å². The fraction of sp³-hybridized carbons (Fsp3) is 0.727. The van der Waals surface area contributed by atoms with Crippen LogP contribution in [0.4, 0.5) is 0 Å². The zero-order valence-electron chi connectivity index (χ0n) is 15.7. The largest absolute Gasteiger partial charge is 0.378 e. The van der Waals surface area contributed by atoms with Crippen LogP contribution >= 0.6 is 0 Å². The van der Waals surface area contributed by atoms with Gasteiger partial charge in [-0.1, -0.05) is 44.9 Å². The summed E-state index contributed by atoms with van der Waals surface area (Å²) >= 11 is 0. The number of hydrogen-bond donors (Lipinski definition) is 1. The third-order valence-corrected chi connectivity index (χ3v) is 6.33. The highest BCUT2D eigenvalue weighted by atomic mass is 16.5. The highest BCUT2D eigenvalue weighted by molar-refractivity contribution is 5.36. The SMILES string of the molecule is CCCCCOC1CCc2cc([C@@H]3CC[C@](N)(CC)C3)ccc2C1. The van der Waals surface area contributed by atoms with Crippen molar-refractivity contribution in [2.24, 2.45) is 5.73 Å². The summed E-state index contributed by atoms with van der Waals surface area (Å²) in [5.74, 6) is 0.670. The van der Waals surface area contributed by atoms with Crippen molar-refractivity contribution < 1.29 is 4.74 Å². The number of ether oxygens (including phenoxy) is 1. The van der Waals surface area contributed by atoms with Crippen LogP contribution in [0.15, 0.2) is 18.2 Å². The van der Waals surface area contributed by atoms with Crippen molar-refractivity contribution in [1.82, 2.24) is 0 Å². The van der Waals surface area contributed by atoms with E-state index >= 15 is 0 Å². The van der Waals surface area contributed by atoms with E-state index in [0.29, 0.717) is 12.0 Å². The van der Waals surface area contributed by atoms with Gasteiger partial charge in [0.25, 0.3) is 0 Å². The van der Waals surface area contributed by atoms with Crippen LogP contribution in [-0.4, -0.2) is 18.2 Å². The lowest BCUT2D eigenvalue weighted by Crippen LogP contribution is -2.35. The lowest BCUT2D eigenvalue weighted by atomic mass is 9.85. The standard InChI is InChI=1S/C22H35NO/c1-3-5-6-13-24-21-10-9-17-14-18(7-8-19(17)15-21)20-11-12-22(23,4-2)16-20/h7-8,14,20-21H,3-6,9-13,15-16,23H2,1-2H3/t20-,21?,22-/m1/s1. The molecular formula is C22H35NO. The molecule has 0 radical (unpaired) electrons. The Morgan fingerprint density at radius 1 is 1.17 bits per heavy atom. The van der Waals surface area contributed by atoms with E-state index in [4.69, 9.17) is 10.5 Å². The Morgan fingerprint density at radius 3 is 2.79 bits per heavy atom. The molecule has 1 saturated carbocycles. The molecule has 0 aromatic heterocycles. The third kappa shape index (κ3) is 4.21. The molecule has 1 unspecified atom stereocenters. The summed E-state index contributed by atoms with van der Waals surface area (Å²) in [6.45, 7) is 5.41. The molecule has 1 fully saturated rings. The smallest absolute Gasteiger partial charge is 0.0618 e. The molecule has 0 amide bonds. The molecular weight excluding hydrogens is 294 g/mol. The Kier molecular flexibility index (Phi) is 5.99. The molecule has 0 heterocycles. The Balaban J connectivity index is 1.58. The van der Waals surface area contributed by atoms with Gasteiger partial charge in [-0.05, 0) is 74.0 Å². The number of rotatable bonds is 7. The van der Waals surface area contributed by atoms with Gasteiger partial charge in [-0.3, -0.25) is 0 Å². The average molecular weight is 330 g/mol. The highest BCUT2D eigenvalue weighted by Crippen LogP contribution is 2.42. The van der Waals surface area contributed by atoms with Crippen LogP contribution in [0.2, 0.25) is 0 Å². The Bertz CT molecular complexity index is 541. The highest BCUT2D eigenvalue weighted by Gasteiger charge is 2.35. The molecule has 2 heteroatoms. The monoisotopic (exact) mass is 329 g/mol. The van der Waals surface area contributed by atoms with Gasteiger partial charge in [0.15, 0.2) is 0 Å². The van der Waals surface area contributed by atoms with E-state index in [9.17, 15) is 0 Å². The summed E-state index contributed by atoms with van der Waals surface area (Å²) in [6, 6.07) is 7.22. The van der Waals surface area contributed by atoms with Crippen molar-refractivity contribution in [2.75, 3.05) is 6.61 Å². The van der Waals surface area contributed by atoms with Gasteiger partial charge in [0.05, 0.1) is 6.10 Å². The zero-order valence-corrected chi connectivity index (χ0v) is 15.7. The van der Waals surface area contributed by atoms with Gasteiger partial charge in [-0.15, -0.1) is 0 Å². The summed E-state index contributed by atoms with van der Waals surface area (Å²) in [6.07, 6.45) is 12.3. The molecule has 1 aromatic carbocycles. The maximum atomic E-state index is 6.49. The minimum absolute atomic E-state index is 0.0813. The maximum Gasteiger partial charge on any atom is 0.0618 e. The number of benzene rings is 1. The van der Waals surface area contributed by atoms with Gasteiger partial charge in [0, 0.05) is 12.1 Å². The second-order valence-corrected chi connectivity index (χ2v) is 8.13. The van der Waals surface area contributed by atoms with Crippen LogP contribution in [0.1, 0.15) is 87.8 Å². The first-order valence-electron chi connectivity index (χ1n) is 10.2. The molecule has 2 N–H and O–H groups in total. The summed E-state index contributed by atoms with van der Waals surface area (Å²) in [7, 11) is 0. The van der Waals surface area contributed by atoms with Crippen LogP contribution in [0.25, 0.3) is 0 Å². The van der Waals surface area contributed by atoms with Crippen LogP contribution in [0, 0.1) is 0 Å². The molecule has 2 aliphatic rings. The van der Waals surface area contributed by atoms with Crippen molar-refractivity contribution in [3.63, 3.8) is 0 Å². The van der Waals surface area contributed by atoms with E-state index in [1.807, 2.05) is 0 Å². The van der Waals surface area contributed by atoms with E-state index < -0.39 is 0 Å². The van der Waals surface area contributed by atoms with Crippen LogP contribution < -0.4 is 5.73 Å². The summed E-state index contributed by atoms with van der Waals surface area (Å²) in [5, 5.41) is 0. The van der Waals surface area contributed by atoms with E-state index in [2.05, 4.69) is 32.0 Å². The second-order valence-electron chi connectivity index (χ2n) is 8.13. The normalized spacial score (nSPS) is 29.6. The molecule has 0 bridgehead atoms. The van der Waals surface area contributed by atoms with E-state index in [1.165, 1.54) is 56.1 Å². The van der Waals surface area contributed by atoms with E-state index in [-0.39, 0.29) is 5.54 Å². The van der Waals surface area contributed by atoms with Crippen molar-refractivity contribution >= 4 is 0 Å².